The lowest BCUT2D eigenvalue weighted by Gasteiger charge is -2.39. The van der Waals surface area contributed by atoms with E-state index in [4.69, 9.17) is 0 Å². The van der Waals surface area contributed by atoms with Gasteiger partial charge in [0.25, 0.3) is 0 Å². The Hall–Kier alpha value is -0.0800. The van der Waals surface area contributed by atoms with Gasteiger partial charge in [0.2, 0.25) is 0 Å². The van der Waals surface area contributed by atoms with Gasteiger partial charge in [-0.15, -0.1) is 0 Å². The number of likely N-dealkylation sites (N-methyl/N-ethyl adjacent to an activating group) is 1. The van der Waals surface area contributed by atoms with Crippen LogP contribution in [0.25, 0.3) is 0 Å². The van der Waals surface area contributed by atoms with Crippen LogP contribution >= 0.6 is 0 Å². The van der Waals surface area contributed by atoms with E-state index in [-0.39, 0.29) is 0 Å². The average molecular weight is 268 g/mol. The average Bonchev–Trinajstić information content (AvgIpc) is 2.60. The summed E-state index contributed by atoms with van der Waals surface area (Å²) >= 11 is 0. The van der Waals surface area contributed by atoms with Gasteiger partial charge >= 0.3 is 0 Å². The topological polar surface area (TPSA) is 15.3 Å². The zero-order valence-corrected chi connectivity index (χ0v) is 14.3. The van der Waals surface area contributed by atoms with Crippen LogP contribution in [0.15, 0.2) is 0 Å². The largest absolute Gasteiger partial charge is 0.312 e. The molecule has 3 unspecified atom stereocenters. The highest BCUT2D eigenvalue weighted by molar-refractivity contribution is 5.01. The van der Waals surface area contributed by atoms with E-state index in [1.54, 1.807) is 0 Å². The predicted molar refractivity (Wildman–Crippen MR) is 85.6 cm³/mol. The van der Waals surface area contributed by atoms with Crippen molar-refractivity contribution in [3.63, 3.8) is 0 Å². The summed E-state index contributed by atoms with van der Waals surface area (Å²) in [7, 11) is 2.33. The molecule has 0 spiro atoms. The van der Waals surface area contributed by atoms with Crippen LogP contribution in [0, 0.1) is 11.3 Å². The van der Waals surface area contributed by atoms with Crippen LogP contribution in [-0.4, -0.2) is 36.6 Å². The Morgan fingerprint density at radius 1 is 1.26 bits per heavy atom. The predicted octanol–water partition coefficient (Wildman–Crippen LogP) is 3.91. The van der Waals surface area contributed by atoms with Crippen LogP contribution < -0.4 is 5.32 Å². The van der Waals surface area contributed by atoms with E-state index in [1.807, 2.05) is 0 Å². The zero-order valence-electron chi connectivity index (χ0n) is 14.3. The molecule has 1 fully saturated rings. The Morgan fingerprint density at radius 3 is 2.42 bits per heavy atom. The monoisotopic (exact) mass is 268 g/mol. The Kier molecular flexibility index (Phi) is 6.32. The van der Waals surface area contributed by atoms with Crippen molar-refractivity contribution in [2.75, 3.05) is 13.6 Å². The minimum Gasteiger partial charge on any atom is -0.312 e. The molecule has 0 bridgehead atoms. The van der Waals surface area contributed by atoms with Crippen LogP contribution in [0.2, 0.25) is 0 Å². The minimum atomic E-state index is 0.436. The third-order valence-electron chi connectivity index (χ3n) is 4.96. The van der Waals surface area contributed by atoms with Crippen LogP contribution in [0.4, 0.5) is 0 Å². The van der Waals surface area contributed by atoms with E-state index >= 15 is 0 Å². The highest BCUT2D eigenvalue weighted by atomic mass is 15.2. The SMILES string of the molecule is CCCNC1C(N(C)C(C)CC(C)C)CCC1(C)C. The van der Waals surface area contributed by atoms with E-state index < -0.39 is 0 Å². The molecule has 2 nitrogen and oxygen atoms in total. The number of rotatable bonds is 7. The third-order valence-corrected chi connectivity index (χ3v) is 4.96. The molecule has 0 amide bonds. The van der Waals surface area contributed by atoms with Crippen molar-refractivity contribution in [1.82, 2.24) is 10.2 Å². The van der Waals surface area contributed by atoms with Gasteiger partial charge in [0, 0.05) is 18.1 Å². The van der Waals surface area contributed by atoms with E-state index in [9.17, 15) is 0 Å². The van der Waals surface area contributed by atoms with Crippen molar-refractivity contribution < 1.29 is 0 Å². The van der Waals surface area contributed by atoms with Crippen molar-refractivity contribution in [1.29, 1.82) is 0 Å². The normalized spacial score (nSPS) is 28.3. The Morgan fingerprint density at radius 2 is 1.89 bits per heavy atom. The van der Waals surface area contributed by atoms with Gasteiger partial charge < -0.3 is 5.32 Å². The molecule has 1 aliphatic rings. The first-order valence-corrected chi connectivity index (χ1v) is 8.25. The summed E-state index contributed by atoms with van der Waals surface area (Å²) in [4.78, 5) is 2.64. The lowest BCUT2D eigenvalue weighted by Crippen LogP contribution is -2.53. The molecule has 2 heteroatoms. The summed E-state index contributed by atoms with van der Waals surface area (Å²) in [5, 5.41) is 3.82. The second-order valence-corrected chi connectivity index (χ2v) is 7.67. The Bertz CT molecular complexity index is 260. The molecular weight excluding hydrogens is 232 g/mol. The molecule has 0 aromatic carbocycles. The number of hydrogen-bond acceptors (Lipinski definition) is 2. The summed E-state index contributed by atoms with van der Waals surface area (Å²) < 4.78 is 0. The van der Waals surface area contributed by atoms with Gasteiger partial charge in [-0.25, -0.2) is 0 Å². The molecule has 1 aliphatic carbocycles. The number of nitrogens with zero attached hydrogens (tertiary/aromatic N) is 1. The molecular formula is C17H36N2. The molecule has 0 aliphatic heterocycles. The fourth-order valence-corrected chi connectivity index (χ4v) is 3.69. The second-order valence-electron chi connectivity index (χ2n) is 7.67. The first-order chi connectivity index (χ1) is 8.79. The van der Waals surface area contributed by atoms with Gasteiger partial charge in [0.1, 0.15) is 0 Å². The molecule has 19 heavy (non-hydrogen) atoms. The third kappa shape index (κ3) is 4.46. The van der Waals surface area contributed by atoms with Crippen LogP contribution in [0.3, 0.4) is 0 Å². The van der Waals surface area contributed by atoms with Gasteiger partial charge in [0.15, 0.2) is 0 Å². The fraction of sp³-hybridized carbons (Fsp3) is 1.00. The van der Waals surface area contributed by atoms with Gasteiger partial charge in [0.05, 0.1) is 0 Å². The van der Waals surface area contributed by atoms with Crippen LogP contribution in [0.1, 0.15) is 67.2 Å². The number of hydrogen-bond donors (Lipinski definition) is 1. The highest BCUT2D eigenvalue weighted by Crippen LogP contribution is 2.40. The summed E-state index contributed by atoms with van der Waals surface area (Å²) in [6, 6.07) is 2.03. The molecule has 1 saturated carbocycles. The van der Waals surface area contributed by atoms with Crippen molar-refractivity contribution in [3.8, 4) is 0 Å². The molecule has 0 saturated heterocycles. The smallest absolute Gasteiger partial charge is 0.0274 e. The summed E-state index contributed by atoms with van der Waals surface area (Å²) in [6.45, 7) is 15.3. The zero-order chi connectivity index (χ0) is 14.6. The van der Waals surface area contributed by atoms with E-state index in [0.717, 1.165) is 12.5 Å². The molecule has 0 aromatic heterocycles. The highest BCUT2D eigenvalue weighted by Gasteiger charge is 2.43. The van der Waals surface area contributed by atoms with E-state index in [2.05, 4.69) is 58.8 Å². The molecule has 3 atom stereocenters. The maximum Gasteiger partial charge on any atom is 0.0274 e. The van der Waals surface area contributed by atoms with E-state index in [1.165, 1.54) is 25.7 Å². The molecule has 0 heterocycles. The van der Waals surface area contributed by atoms with Crippen LogP contribution in [0.5, 0.6) is 0 Å². The number of nitrogens with one attached hydrogen (secondary N) is 1. The lowest BCUT2D eigenvalue weighted by atomic mass is 9.86. The standard InChI is InChI=1S/C17H36N2/c1-8-11-18-16-15(9-10-17(16,5)6)19(7)14(4)12-13(2)3/h13-16,18H,8-12H2,1-7H3. The maximum atomic E-state index is 3.82. The first kappa shape index (κ1) is 17.0. The molecule has 1 N–H and O–H groups in total. The van der Waals surface area contributed by atoms with Crippen molar-refractivity contribution in [3.05, 3.63) is 0 Å². The van der Waals surface area contributed by atoms with Gasteiger partial charge in [-0.05, 0) is 57.5 Å². The summed E-state index contributed by atoms with van der Waals surface area (Å²) in [6.07, 6.45) is 5.21. The lowest BCUT2D eigenvalue weighted by molar-refractivity contribution is 0.124. The van der Waals surface area contributed by atoms with Gasteiger partial charge in [-0.1, -0.05) is 34.6 Å². The fourth-order valence-electron chi connectivity index (χ4n) is 3.69. The van der Waals surface area contributed by atoms with Gasteiger partial charge in [-0.3, -0.25) is 4.90 Å². The second kappa shape index (κ2) is 7.08. The molecule has 0 radical (unpaired) electrons. The minimum absolute atomic E-state index is 0.436. The Balaban J connectivity index is 2.68. The molecule has 114 valence electrons. The van der Waals surface area contributed by atoms with Crippen LogP contribution in [-0.2, 0) is 0 Å². The quantitative estimate of drug-likeness (QED) is 0.753. The molecule has 0 aromatic rings. The first-order valence-electron chi connectivity index (χ1n) is 8.25. The Labute approximate surface area is 121 Å². The van der Waals surface area contributed by atoms with Crippen molar-refractivity contribution in [2.24, 2.45) is 11.3 Å². The maximum absolute atomic E-state index is 3.82. The molecule has 1 rings (SSSR count). The van der Waals surface area contributed by atoms with E-state index in [0.29, 0.717) is 23.5 Å². The summed E-state index contributed by atoms with van der Waals surface area (Å²) in [5.41, 5.74) is 0.436. The van der Waals surface area contributed by atoms with Crippen molar-refractivity contribution in [2.45, 2.75) is 85.4 Å². The summed E-state index contributed by atoms with van der Waals surface area (Å²) in [5.74, 6) is 0.786. The van der Waals surface area contributed by atoms with Gasteiger partial charge in [-0.2, -0.15) is 0 Å². The van der Waals surface area contributed by atoms with Crippen molar-refractivity contribution >= 4 is 0 Å².